The predicted molar refractivity (Wildman–Crippen MR) is 141 cm³/mol. The Morgan fingerprint density at radius 2 is 1.60 bits per heavy atom. The number of rotatable bonds is 6. The van der Waals surface area contributed by atoms with Crippen molar-refractivity contribution >= 4 is 49.2 Å². The highest BCUT2D eigenvalue weighted by Gasteiger charge is 2.14. The number of amides is 1. The molecule has 0 saturated heterocycles. The fourth-order valence-corrected chi connectivity index (χ4v) is 4.18. The zero-order valence-corrected chi connectivity index (χ0v) is 20.6. The van der Waals surface area contributed by atoms with Crippen LogP contribution in [0.3, 0.4) is 0 Å². The van der Waals surface area contributed by atoms with E-state index in [1.54, 1.807) is 26.5 Å². The van der Waals surface area contributed by atoms with Gasteiger partial charge in [0, 0.05) is 33.4 Å². The first-order chi connectivity index (χ1) is 17.1. The minimum absolute atomic E-state index is 0.173. The summed E-state index contributed by atoms with van der Waals surface area (Å²) in [5, 5.41) is 5.48. The van der Waals surface area contributed by atoms with Crippen LogP contribution in [-0.2, 0) is 0 Å². The van der Waals surface area contributed by atoms with Crippen molar-refractivity contribution in [3.8, 4) is 23.0 Å². The molecule has 35 heavy (non-hydrogen) atoms. The number of methoxy groups -OCH3 is 2. The SMILES string of the molecule is COc1cc2nccc(Oc3ccc4c(C(=O)Nc5ccc(Br)cc5)cccc4c3)c2cc1OC. The number of pyridine rings is 1. The van der Waals surface area contributed by atoms with Gasteiger partial charge in [-0.2, -0.15) is 0 Å². The van der Waals surface area contributed by atoms with E-state index >= 15 is 0 Å². The van der Waals surface area contributed by atoms with E-state index in [9.17, 15) is 4.79 Å². The molecule has 1 heterocycles. The van der Waals surface area contributed by atoms with Gasteiger partial charge in [0.25, 0.3) is 5.91 Å². The summed E-state index contributed by atoms with van der Waals surface area (Å²) < 4.78 is 18.0. The zero-order chi connectivity index (χ0) is 24.4. The second-order valence-electron chi connectivity index (χ2n) is 7.79. The van der Waals surface area contributed by atoms with Gasteiger partial charge in [-0.25, -0.2) is 0 Å². The summed E-state index contributed by atoms with van der Waals surface area (Å²) in [5.74, 6) is 2.31. The Hall–Kier alpha value is -4.10. The van der Waals surface area contributed by atoms with Crippen molar-refractivity contribution in [3.05, 3.63) is 95.1 Å². The van der Waals surface area contributed by atoms with Crippen LogP contribution in [0.15, 0.2) is 89.5 Å². The molecular weight excluding hydrogens is 508 g/mol. The third-order valence-corrected chi connectivity index (χ3v) is 6.16. The van der Waals surface area contributed by atoms with E-state index in [2.05, 4.69) is 26.2 Å². The van der Waals surface area contributed by atoms with Crippen LogP contribution in [0.1, 0.15) is 10.4 Å². The highest BCUT2D eigenvalue weighted by Crippen LogP contribution is 2.37. The number of halogens is 1. The molecule has 7 heteroatoms. The van der Waals surface area contributed by atoms with Crippen molar-refractivity contribution in [2.24, 2.45) is 0 Å². The van der Waals surface area contributed by atoms with E-state index in [1.165, 1.54) is 0 Å². The number of carbonyl (C=O) groups is 1. The van der Waals surface area contributed by atoms with Gasteiger partial charge < -0.3 is 19.5 Å². The molecule has 1 aromatic heterocycles. The van der Waals surface area contributed by atoms with Crippen molar-refractivity contribution in [2.75, 3.05) is 19.5 Å². The van der Waals surface area contributed by atoms with E-state index in [-0.39, 0.29) is 5.91 Å². The number of anilines is 1. The number of fused-ring (bicyclic) bond motifs is 2. The first kappa shape index (κ1) is 22.7. The molecule has 1 amide bonds. The molecule has 5 aromatic rings. The first-order valence-corrected chi connectivity index (χ1v) is 11.6. The summed E-state index contributed by atoms with van der Waals surface area (Å²) in [4.78, 5) is 17.4. The molecule has 0 radical (unpaired) electrons. The summed E-state index contributed by atoms with van der Waals surface area (Å²) in [6.07, 6.45) is 1.69. The van der Waals surface area contributed by atoms with Gasteiger partial charge in [-0.15, -0.1) is 0 Å². The van der Waals surface area contributed by atoms with Crippen LogP contribution >= 0.6 is 15.9 Å². The molecule has 174 valence electrons. The molecule has 0 atom stereocenters. The number of hydrogen-bond donors (Lipinski definition) is 1. The molecule has 1 N–H and O–H groups in total. The Labute approximate surface area is 210 Å². The summed E-state index contributed by atoms with van der Waals surface area (Å²) >= 11 is 3.41. The van der Waals surface area contributed by atoms with Crippen LogP contribution in [0.25, 0.3) is 21.7 Å². The lowest BCUT2D eigenvalue weighted by Gasteiger charge is -2.13. The highest BCUT2D eigenvalue weighted by molar-refractivity contribution is 9.10. The Morgan fingerprint density at radius 3 is 2.37 bits per heavy atom. The van der Waals surface area contributed by atoms with Crippen LogP contribution in [-0.4, -0.2) is 25.1 Å². The number of benzene rings is 4. The molecule has 0 aliphatic heterocycles. The Morgan fingerprint density at radius 1 is 0.829 bits per heavy atom. The van der Waals surface area contributed by atoms with E-state index in [1.807, 2.05) is 72.8 Å². The summed E-state index contributed by atoms with van der Waals surface area (Å²) in [5.41, 5.74) is 2.04. The molecule has 0 aliphatic rings. The molecule has 0 unspecified atom stereocenters. The molecule has 0 spiro atoms. The van der Waals surface area contributed by atoms with Crippen LogP contribution in [0.2, 0.25) is 0 Å². The topological polar surface area (TPSA) is 69.7 Å². The lowest BCUT2D eigenvalue weighted by atomic mass is 10.0. The molecule has 4 aromatic carbocycles. The number of nitrogens with one attached hydrogen (secondary N) is 1. The quantitative estimate of drug-likeness (QED) is 0.252. The average molecular weight is 529 g/mol. The van der Waals surface area contributed by atoms with Crippen LogP contribution in [0, 0.1) is 0 Å². The van der Waals surface area contributed by atoms with Crippen molar-refractivity contribution in [1.82, 2.24) is 4.98 Å². The predicted octanol–water partition coefficient (Wildman–Crippen LogP) is 7.21. The smallest absolute Gasteiger partial charge is 0.256 e. The monoisotopic (exact) mass is 528 g/mol. The molecule has 0 aliphatic carbocycles. The van der Waals surface area contributed by atoms with E-state index in [0.717, 1.165) is 31.8 Å². The highest BCUT2D eigenvalue weighted by atomic mass is 79.9. The summed E-state index contributed by atoms with van der Waals surface area (Å²) in [6, 6.07) is 24.2. The fourth-order valence-electron chi connectivity index (χ4n) is 3.92. The number of carbonyl (C=O) groups excluding carboxylic acids is 1. The third kappa shape index (κ3) is 4.63. The maximum Gasteiger partial charge on any atom is 0.256 e. The van der Waals surface area contributed by atoms with E-state index in [0.29, 0.717) is 28.6 Å². The second kappa shape index (κ2) is 9.64. The number of nitrogens with zero attached hydrogens (tertiary/aromatic N) is 1. The number of hydrogen-bond acceptors (Lipinski definition) is 5. The minimum atomic E-state index is -0.173. The molecule has 0 saturated carbocycles. The summed E-state index contributed by atoms with van der Waals surface area (Å²) in [7, 11) is 3.18. The van der Waals surface area contributed by atoms with E-state index < -0.39 is 0 Å². The van der Waals surface area contributed by atoms with Crippen LogP contribution < -0.4 is 19.5 Å². The summed E-state index contributed by atoms with van der Waals surface area (Å²) in [6.45, 7) is 0. The van der Waals surface area contributed by atoms with Crippen molar-refractivity contribution in [1.29, 1.82) is 0 Å². The van der Waals surface area contributed by atoms with Gasteiger partial charge in [0.1, 0.15) is 11.5 Å². The number of aromatic nitrogens is 1. The van der Waals surface area contributed by atoms with Crippen molar-refractivity contribution in [2.45, 2.75) is 0 Å². The van der Waals surface area contributed by atoms with Gasteiger partial charge in [0.15, 0.2) is 11.5 Å². The van der Waals surface area contributed by atoms with Crippen molar-refractivity contribution in [3.63, 3.8) is 0 Å². The standard InChI is InChI=1S/C28H21BrN2O4/c1-33-26-15-23-24(16-27(26)34-2)30-13-12-25(23)35-20-10-11-21-17(14-20)4-3-5-22(21)28(32)31-19-8-6-18(29)7-9-19/h3-16H,1-2H3,(H,31,32). The first-order valence-electron chi connectivity index (χ1n) is 10.8. The van der Waals surface area contributed by atoms with Gasteiger partial charge >= 0.3 is 0 Å². The molecule has 5 rings (SSSR count). The zero-order valence-electron chi connectivity index (χ0n) is 19.0. The maximum absolute atomic E-state index is 13.0. The van der Waals surface area contributed by atoms with Crippen molar-refractivity contribution < 1.29 is 19.0 Å². The van der Waals surface area contributed by atoms with Gasteiger partial charge in [0.05, 0.1) is 19.7 Å². The molecule has 0 bridgehead atoms. The average Bonchev–Trinajstić information content (AvgIpc) is 2.88. The Balaban J connectivity index is 1.46. The minimum Gasteiger partial charge on any atom is -0.493 e. The molecule has 6 nitrogen and oxygen atoms in total. The molecular formula is C28H21BrN2O4. The number of ether oxygens (including phenoxy) is 3. The largest absolute Gasteiger partial charge is 0.493 e. The van der Waals surface area contributed by atoms with Gasteiger partial charge in [0.2, 0.25) is 0 Å². The second-order valence-corrected chi connectivity index (χ2v) is 8.70. The van der Waals surface area contributed by atoms with Gasteiger partial charge in [-0.05, 0) is 71.4 Å². The van der Waals surface area contributed by atoms with Gasteiger partial charge in [-0.3, -0.25) is 9.78 Å². The Kier molecular flexibility index (Phi) is 6.25. The normalized spacial score (nSPS) is 10.8. The van der Waals surface area contributed by atoms with E-state index in [4.69, 9.17) is 14.2 Å². The third-order valence-electron chi connectivity index (χ3n) is 5.63. The molecule has 0 fully saturated rings. The lowest BCUT2D eigenvalue weighted by molar-refractivity contribution is 0.102. The Bertz CT molecular complexity index is 1550. The lowest BCUT2D eigenvalue weighted by Crippen LogP contribution is -2.12. The maximum atomic E-state index is 13.0. The van der Waals surface area contributed by atoms with Gasteiger partial charge in [-0.1, -0.05) is 28.1 Å². The fraction of sp³-hybridized carbons (Fsp3) is 0.0714. The van der Waals surface area contributed by atoms with Crippen LogP contribution in [0.5, 0.6) is 23.0 Å². The van der Waals surface area contributed by atoms with Crippen LogP contribution in [0.4, 0.5) is 5.69 Å².